The predicted molar refractivity (Wildman–Crippen MR) is 128 cm³/mol. The van der Waals surface area contributed by atoms with Crippen LogP contribution in [0.25, 0.3) is 11.1 Å². The van der Waals surface area contributed by atoms with E-state index in [1.54, 1.807) is 33.4 Å². The molecule has 0 heterocycles. The van der Waals surface area contributed by atoms with Crippen LogP contribution in [0.1, 0.15) is 98.3 Å². The van der Waals surface area contributed by atoms with Crippen LogP contribution in [0.3, 0.4) is 0 Å². The first-order valence-corrected chi connectivity index (χ1v) is 12.9. The quantitative estimate of drug-likeness (QED) is 0.414. The van der Waals surface area contributed by atoms with Gasteiger partial charge in [0.2, 0.25) is 0 Å². The molecule has 4 unspecified atom stereocenters. The van der Waals surface area contributed by atoms with E-state index in [2.05, 4.69) is 48.5 Å². The number of allylic oxidation sites excluding steroid dienone is 4. The van der Waals surface area contributed by atoms with Crippen molar-refractivity contribution in [1.82, 2.24) is 0 Å². The third-order valence-electron chi connectivity index (χ3n) is 10.3. The van der Waals surface area contributed by atoms with E-state index in [1.165, 1.54) is 64.2 Å². The number of fused-ring (bicyclic) bond motifs is 10. The maximum absolute atomic E-state index is 2.46. The summed E-state index contributed by atoms with van der Waals surface area (Å²) in [7, 11) is 0. The second-order valence-electron chi connectivity index (χ2n) is 11.7. The minimum atomic E-state index is 0.491. The van der Waals surface area contributed by atoms with Gasteiger partial charge < -0.3 is 0 Å². The van der Waals surface area contributed by atoms with Crippen molar-refractivity contribution in [3.05, 3.63) is 81.9 Å². The van der Waals surface area contributed by atoms with Gasteiger partial charge in [-0.05, 0) is 114 Å². The lowest BCUT2D eigenvalue weighted by Crippen LogP contribution is -2.18. The molecule has 0 nitrogen and oxygen atoms in total. The molecule has 0 amide bonds. The highest BCUT2D eigenvalue weighted by Gasteiger charge is 2.53. The van der Waals surface area contributed by atoms with Crippen LogP contribution in [-0.4, -0.2) is 0 Å². The average molecular weight is 405 g/mol. The number of benzene rings is 2. The molecule has 6 aliphatic carbocycles. The molecule has 2 aromatic carbocycles. The van der Waals surface area contributed by atoms with E-state index in [4.69, 9.17) is 0 Å². The summed E-state index contributed by atoms with van der Waals surface area (Å²) in [6.07, 6.45) is 14.0. The molecule has 0 saturated heterocycles. The van der Waals surface area contributed by atoms with Crippen molar-refractivity contribution in [2.45, 2.75) is 76.0 Å². The van der Waals surface area contributed by atoms with Gasteiger partial charge in [-0.2, -0.15) is 0 Å². The van der Waals surface area contributed by atoms with E-state index >= 15 is 0 Å². The Morgan fingerprint density at radius 3 is 1.48 bits per heavy atom. The highest BCUT2D eigenvalue weighted by Crippen LogP contribution is 2.68. The van der Waals surface area contributed by atoms with Gasteiger partial charge in [0.25, 0.3) is 0 Å². The molecule has 2 saturated carbocycles. The highest BCUT2D eigenvalue weighted by atomic mass is 14.6. The summed E-state index contributed by atoms with van der Waals surface area (Å²) >= 11 is 0. The molecule has 0 bridgehead atoms. The molecule has 4 atom stereocenters. The number of hydrogen-bond donors (Lipinski definition) is 0. The van der Waals surface area contributed by atoms with Gasteiger partial charge in [0, 0.05) is 0 Å². The van der Waals surface area contributed by atoms with E-state index in [1.807, 2.05) is 11.1 Å². The molecule has 0 heteroatoms. The normalized spacial score (nSPS) is 36.9. The van der Waals surface area contributed by atoms with E-state index in [0.717, 1.165) is 23.7 Å². The second kappa shape index (κ2) is 6.03. The molecule has 8 rings (SSSR count). The SMILES string of the molecule is c1ccc2c(c1)C1=C(CC3(C1)CC1=C(C3)C3CCCC3c3ccccc31)C1CCCC21. The van der Waals surface area contributed by atoms with E-state index in [9.17, 15) is 0 Å². The van der Waals surface area contributed by atoms with Gasteiger partial charge >= 0.3 is 0 Å². The lowest BCUT2D eigenvalue weighted by molar-refractivity contribution is 0.316. The van der Waals surface area contributed by atoms with Gasteiger partial charge in [-0.1, -0.05) is 72.5 Å². The maximum Gasteiger partial charge on any atom is -0.00901 e. The third-order valence-corrected chi connectivity index (χ3v) is 10.3. The summed E-state index contributed by atoms with van der Waals surface area (Å²) in [6.45, 7) is 0. The Hall–Kier alpha value is -2.08. The smallest absolute Gasteiger partial charge is 0.00901 e. The van der Waals surface area contributed by atoms with Gasteiger partial charge in [0.05, 0.1) is 0 Å². The van der Waals surface area contributed by atoms with E-state index in [-0.39, 0.29) is 0 Å². The minimum Gasteiger partial charge on any atom is -0.0621 e. The molecule has 0 radical (unpaired) electrons. The summed E-state index contributed by atoms with van der Waals surface area (Å²) in [6, 6.07) is 19.0. The standard InChI is InChI=1S/C31H32/c1-3-9-23-19(7-1)21-11-5-13-25(21)29-17-31(15-27(23)29)16-28-24-10-4-2-8-20(24)22-12-6-14-26(22)30(28)18-31/h1-4,7-10,21-22,25-26H,5-6,11-18H2. The zero-order chi connectivity index (χ0) is 20.2. The first-order valence-electron chi connectivity index (χ1n) is 12.9. The molecule has 0 N–H and O–H groups in total. The van der Waals surface area contributed by atoms with Crippen LogP contribution < -0.4 is 0 Å². The van der Waals surface area contributed by atoms with Crippen LogP contribution in [0, 0.1) is 17.3 Å². The van der Waals surface area contributed by atoms with Crippen molar-refractivity contribution < 1.29 is 0 Å². The minimum absolute atomic E-state index is 0.491. The lowest BCUT2D eigenvalue weighted by Gasteiger charge is -2.31. The predicted octanol–water partition coefficient (Wildman–Crippen LogP) is 8.26. The fraction of sp³-hybridized carbons (Fsp3) is 0.484. The first kappa shape index (κ1) is 17.5. The fourth-order valence-corrected chi connectivity index (χ4v) is 9.31. The summed E-state index contributed by atoms with van der Waals surface area (Å²) in [5, 5.41) is 0. The summed E-state index contributed by atoms with van der Waals surface area (Å²) < 4.78 is 0. The summed E-state index contributed by atoms with van der Waals surface area (Å²) in [5.41, 5.74) is 14.5. The molecular formula is C31H32. The van der Waals surface area contributed by atoms with Crippen molar-refractivity contribution >= 4 is 11.1 Å². The van der Waals surface area contributed by atoms with Crippen LogP contribution >= 0.6 is 0 Å². The van der Waals surface area contributed by atoms with Crippen molar-refractivity contribution in [2.24, 2.45) is 17.3 Å². The molecular weight excluding hydrogens is 372 g/mol. The van der Waals surface area contributed by atoms with E-state index < -0.39 is 0 Å². The van der Waals surface area contributed by atoms with Crippen LogP contribution in [0.2, 0.25) is 0 Å². The van der Waals surface area contributed by atoms with Crippen molar-refractivity contribution in [1.29, 1.82) is 0 Å². The second-order valence-corrected chi connectivity index (χ2v) is 11.7. The number of hydrogen-bond acceptors (Lipinski definition) is 0. The van der Waals surface area contributed by atoms with Gasteiger partial charge in [-0.15, -0.1) is 0 Å². The van der Waals surface area contributed by atoms with Crippen LogP contribution in [0.15, 0.2) is 59.7 Å². The number of rotatable bonds is 0. The molecule has 0 aromatic heterocycles. The van der Waals surface area contributed by atoms with Crippen LogP contribution in [0.5, 0.6) is 0 Å². The highest BCUT2D eigenvalue weighted by molar-refractivity contribution is 5.82. The topological polar surface area (TPSA) is 0 Å². The monoisotopic (exact) mass is 404 g/mol. The zero-order valence-electron chi connectivity index (χ0n) is 18.5. The molecule has 31 heavy (non-hydrogen) atoms. The average Bonchev–Trinajstić information content (AvgIpc) is 3.58. The Bertz CT molecular complexity index is 1080. The van der Waals surface area contributed by atoms with Crippen molar-refractivity contribution in [2.75, 3.05) is 0 Å². The van der Waals surface area contributed by atoms with Gasteiger partial charge in [-0.3, -0.25) is 0 Å². The molecule has 156 valence electrons. The Morgan fingerprint density at radius 1 is 0.516 bits per heavy atom. The fourth-order valence-electron chi connectivity index (χ4n) is 9.31. The summed E-state index contributed by atoms with van der Waals surface area (Å²) in [5.74, 6) is 3.34. The van der Waals surface area contributed by atoms with E-state index in [0.29, 0.717) is 5.41 Å². The Labute approximate surface area is 186 Å². The lowest BCUT2D eigenvalue weighted by atomic mass is 9.73. The Kier molecular flexibility index (Phi) is 3.40. The molecule has 6 aliphatic rings. The van der Waals surface area contributed by atoms with Crippen molar-refractivity contribution in [3.63, 3.8) is 0 Å². The van der Waals surface area contributed by atoms with Gasteiger partial charge in [0.15, 0.2) is 0 Å². The third kappa shape index (κ3) is 2.22. The largest absolute Gasteiger partial charge is 0.0621 e. The Balaban J connectivity index is 1.21. The van der Waals surface area contributed by atoms with Gasteiger partial charge in [-0.25, -0.2) is 0 Å². The molecule has 0 aliphatic heterocycles. The maximum atomic E-state index is 2.46. The van der Waals surface area contributed by atoms with Crippen LogP contribution in [0.4, 0.5) is 0 Å². The first-order chi connectivity index (χ1) is 15.3. The van der Waals surface area contributed by atoms with Gasteiger partial charge in [0.1, 0.15) is 0 Å². The Morgan fingerprint density at radius 2 is 0.968 bits per heavy atom. The molecule has 2 aromatic rings. The van der Waals surface area contributed by atoms with Crippen LogP contribution in [-0.2, 0) is 0 Å². The molecule has 1 spiro atoms. The molecule has 2 fully saturated rings. The summed E-state index contributed by atoms with van der Waals surface area (Å²) in [4.78, 5) is 0. The zero-order valence-corrected chi connectivity index (χ0v) is 18.5. The van der Waals surface area contributed by atoms with Crippen molar-refractivity contribution in [3.8, 4) is 0 Å².